The zero-order valence-corrected chi connectivity index (χ0v) is 19.5. The molecule has 6 nitrogen and oxygen atoms in total. The van der Waals surface area contributed by atoms with Crippen LogP contribution >= 0.6 is 27.5 Å². The summed E-state index contributed by atoms with van der Waals surface area (Å²) in [4.78, 5) is 30.5. The summed E-state index contributed by atoms with van der Waals surface area (Å²) < 4.78 is 7.96. The second-order valence-corrected chi connectivity index (χ2v) is 9.37. The van der Waals surface area contributed by atoms with Crippen molar-refractivity contribution >= 4 is 39.3 Å². The average molecular weight is 515 g/mol. The summed E-state index contributed by atoms with van der Waals surface area (Å²) in [6, 6.07) is 14.9. The molecule has 5 rings (SSSR count). The number of esters is 1. The number of anilines is 1. The molecule has 2 heterocycles. The van der Waals surface area contributed by atoms with Gasteiger partial charge in [-0.25, -0.2) is 9.78 Å². The number of halogens is 2. The highest BCUT2D eigenvalue weighted by molar-refractivity contribution is 9.10. The van der Waals surface area contributed by atoms with E-state index in [0.717, 1.165) is 28.4 Å². The van der Waals surface area contributed by atoms with Crippen LogP contribution in [0.5, 0.6) is 0 Å². The largest absolute Gasteiger partial charge is 0.459 e. The van der Waals surface area contributed by atoms with E-state index in [-0.39, 0.29) is 29.2 Å². The summed E-state index contributed by atoms with van der Waals surface area (Å²) in [5.74, 6) is -0.266. The van der Waals surface area contributed by atoms with Gasteiger partial charge in [0.1, 0.15) is 12.6 Å². The Balaban J connectivity index is 1.40. The van der Waals surface area contributed by atoms with Crippen molar-refractivity contribution < 1.29 is 9.53 Å². The molecule has 164 valence electrons. The van der Waals surface area contributed by atoms with Gasteiger partial charge in [0.15, 0.2) is 11.0 Å². The molecule has 0 fully saturated rings. The molecule has 1 aliphatic heterocycles. The first-order chi connectivity index (χ1) is 15.5. The number of carbonyl (C=O) groups excluding carboxylic acids is 1. The van der Waals surface area contributed by atoms with E-state index in [4.69, 9.17) is 16.3 Å². The Morgan fingerprint density at radius 2 is 2.00 bits per heavy atom. The van der Waals surface area contributed by atoms with E-state index in [1.165, 1.54) is 10.1 Å². The average Bonchev–Trinajstić information content (AvgIpc) is 3.41. The Hall–Kier alpha value is -2.64. The summed E-state index contributed by atoms with van der Waals surface area (Å²) in [7, 11) is 0. The third kappa shape index (κ3) is 3.95. The smallest absolute Gasteiger partial charge is 0.329 e. The van der Waals surface area contributed by atoms with Crippen molar-refractivity contribution in [3.63, 3.8) is 0 Å². The van der Waals surface area contributed by atoms with Crippen molar-refractivity contribution in [2.45, 2.75) is 44.4 Å². The quantitative estimate of drug-likeness (QED) is 0.486. The second kappa shape index (κ2) is 8.71. The first kappa shape index (κ1) is 21.2. The van der Waals surface area contributed by atoms with E-state index in [0.29, 0.717) is 18.5 Å². The number of aromatic nitrogens is 2. The van der Waals surface area contributed by atoms with Gasteiger partial charge < -0.3 is 10.1 Å². The lowest BCUT2D eigenvalue weighted by Crippen LogP contribution is -2.32. The second-order valence-electron chi connectivity index (χ2n) is 8.10. The Labute approximate surface area is 198 Å². The SMILES string of the molecule is O=C(OCc1ccccc1)[C@@H]1CCc2c(Cl)nc(N[C@H]3CCc4ccc(Br)cc43)c(=O)n21. The minimum absolute atomic E-state index is 0.0395. The van der Waals surface area contributed by atoms with Crippen LogP contribution in [0.3, 0.4) is 0 Å². The number of hydrogen-bond acceptors (Lipinski definition) is 5. The van der Waals surface area contributed by atoms with Crippen LogP contribution < -0.4 is 10.9 Å². The monoisotopic (exact) mass is 513 g/mol. The van der Waals surface area contributed by atoms with Crippen LogP contribution in [0.25, 0.3) is 0 Å². The fraction of sp³-hybridized carbons (Fsp3) is 0.292. The van der Waals surface area contributed by atoms with Crippen molar-refractivity contribution in [1.29, 1.82) is 0 Å². The molecule has 8 heteroatoms. The topological polar surface area (TPSA) is 73.2 Å². The van der Waals surface area contributed by atoms with Gasteiger partial charge in [-0.3, -0.25) is 9.36 Å². The molecule has 0 spiro atoms. The van der Waals surface area contributed by atoms with E-state index in [9.17, 15) is 9.59 Å². The van der Waals surface area contributed by atoms with E-state index in [2.05, 4.69) is 38.4 Å². The first-order valence-corrected chi connectivity index (χ1v) is 11.7. The van der Waals surface area contributed by atoms with Gasteiger partial charge >= 0.3 is 5.97 Å². The van der Waals surface area contributed by atoms with Crippen LogP contribution in [0.15, 0.2) is 57.8 Å². The molecule has 0 saturated carbocycles. The van der Waals surface area contributed by atoms with Crippen molar-refractivity contribution in [3.05, 3.63) is 90.9 Å². The summed E-state index contributed by atoms with van der Waals surface area (Å²) in [6.45, 7) is 0.165. The number of nitrogens with zero attached hydrogens (tertiary/aromatic N) is 2. The zero-order chi connectivity index (χ0) is 22.2. The van der Waals surface area contributed by atoms with Gasteiger partial charge in [0.05, 0.1) is 11.7 Å². The van der Waals surface area contributed by atoms with Crippen LogP contribution in [0.4, 0.5) is 5.82 Å². The molecule has 0 bridgehead atoms. The normalized spacial score (nSPS) is 18.8. The molecule has 1 N–H and O–H groups in total. The maximum Gasteiger partial charge on any atom is 0.329 e. The van der Waals surface area contributed by atoms with Gasteiger partial charge in [-0.15, -0.1) is 0 Å². The van der Waals surface area contributed by atoms with Crippen LogP contribution in [-0.2, 0) is 29.0 Å². The third-order valence-electron chi connectivity index (χ3n) is 6.12. The first-order valence-electron chi connectivity index (χ1n) is 10.6. The Kier molecular flexibility index (Phi) is 5.78. The molecule has 2 aliphatic rings. The van der Waals surface area contributed by atoms with Crippen LogP contribution in [0.1, 0.15) is 47.3 Å². The van der Waals surface area contributed by atoms with Crippen molar-refractivity contribution in [1.82, 2.24) is 9.55 Å². The molecule has 0 saturated heterocycles. The molecule has 0 unspecified atom stereocenters. The van der Waals surface area contributed by atoms with Crippen molar-refractivity contribution in [3.8, 4) is 0 Å². The highest BCUT2D eigenvalue weighted by atomic mass is 79.9. The Morgan fingerprint density at radius 3 is 2.81 bits per heavy atom. The lowest BCUT2D eigenvalue weighted by molar-refractivity contribution is -0.148. The fourth-order valence-corrected chi connectivity index (χ4v) is 5.18. The Morgan fingerprint density at radius 1 is 1.19 bits per heavy atom. The number of aryl methyl sites for hydroxylation is 1. The van der Waals surface area contributed by atoms with Gasteiger partial charge in [-0.1, -0.05) is 63.9 Å². The van der Waals surface area contributed by atoms with Gasteiger partial charge in [0, 0.05) is 4.47 Å². The van der Waals surface area contributed by atoms with E-state index < -0.39 is 12.0 Å². The molecule has 32 heavy (non-hydrogen) atoms. The van der Waals surface area contributed by atoms with Crippen LogP contribution in [0.2, 0.25) is 5.15 Å². The molecule has 0 radical (unpaired) electrons. The van der Waals surface area contributed by atoms with Crippen molar-refractivity contribution in [2.24, 2.45) is 0 Å². The van der Waals surface area contributed by atoms with Gasteiger partial charge in [0.2, 0.25) is 0 Å². The maximum atomic E-state index is 13.3. The van der Waals surface area contributed by atoms with Crippen LogP contribution in [-0.4, -0.2) is 15.5 Å². The van der Waals surface area contributed by atoms with Gasteiger partial charge in [-0.05, 0) is 54.5 Å². The minimum atomic E-state index is -0.702. The highest BCUT2D eigenvalue weighted by Crippen LogP contribution is 2.36. The molecular weight excluding hydrogens is 494 g/mol. The molecule has 2 aromatic carbocycles. The minimum Gasteiger partial charge on any atom is -0.459 e. The fourth-order valence-electron chi connectivity index (χ4n) is 4.53. The Bertz CT molecular complexity index is 1250. The van der Waals surface area contributed by atoms with Gasteiger partial charge in [-0.2, -0.15) is 0 Å². The number of rotatable bonds is 5. The maximum absolute atomic E-state index is 13.3. The number of hydrogen-bond donors (Lipinski definition) is 1. The number of nitrogens with one attached hydrogen (secondary N) is 1. The number of benzene rings is 2. The lowest BCUT2D eigenvalue weighted by Gasteiger charge is -2.18. The summed E-state index contributed by atoms with van der Waals surface area (Å²) in [6.07, 6.45) is 2.75. The predicted molar refractivity (Wildman–Crippen MR) is 126 cm³/mol. The molecule has 3 aromatic rings. The van der Waals surface area contributed by atoms with E-state index >= 15 is 0 Å². The summed E-state index contributed by atoms with van der Waals surface area (Å²) >= 11 is 9.95. The van der Waals surface area contributed by atoms with E-state index in [1.54, 1.807) is 0 Å². The van der Waals surface area contributed by atoms with Crippen molar-refractivity contribution in [2.75, 3.05) is 5.32 Å². The lowest BCUT2D eigenvalue weighted by atomic mass is 10.1. The molecule has 0 amide bonds. The summed E-state index contributed by atoms with van der Waals surface area (Å²) in [5, 5.41) is 3.53. The zero-order valence-electron chi connectivity index (χ0n) is 17.2. The number of carbonyl (C=O) groups is 1. The third-order valence-corrected chi connectivity index (χ3v) is 6.92. The highest BCUT2D eigenvalue weighted by Gasteiger charge is 2.34. The number of ether oxygens (including phenoxy) is 1. The summed E-state index contributed by atoms with van der Waals surface area (Å²) in [5.41, 5.74) is 3.53. The molecule has 2 atom stereocenters. The molecular formula is C24H21BrClN3O3. The molecule has 1 aromatic heterocycles. The van der Waals surface area contributed by atoms with Crippen LogP contribution in [0, 0.1) is 0 Å². The van der Waals surface area contributed by atoms with E-state index in [1.807, 2.05) is 36.4 Å². The number of fused-ring (bicyclic) bond motifs is 2. The molecule has 1 aliphatic carbocycles. The predicted octanol–water partition coefficient (Wildman–Crippen LogP) is 4.99. The standard InChI is InChI=1S/C24H21BrClN3O3/c25-16-8-6-15-7-9-18(17(15)12-16)27-22-23(30)29-19(21(26)28-22)10-11-20(29)24(31)32-13-14-4-2-1-3-5-14/h1-6,8,12,18,20H,7,9-11,13H2,(H,27,28)/t18-,20-/m0/s1. The van der Waals surface area contributed by atoms with Gasteiger partial charge in [0.25, 0.3) is 5.56 Å².